The molecule has 2 aromatic carbocycles. The van der Waals surface area contributed by atoms with Gasteiger partial charge in [0, 0.05) is 17.1 Å². The van der Waals surface area contributed by atoms with Crippen LogP contribution in [0.5, 0.6) is 5.75 Å². The molecular weight excluding hydrogens is 386 g/mol. The van der Waals surface area contributed by atoms with Crippen molar-refractivity contribution < 1.29 is 21.9 Å². The summed E-state index contributed by atoms with van der Waals surface area (Å²) in [4.78, 5) is 4.26. The van der Waals surface area contributed by atoms with Crippen LogP contribution in [0.4, 0.5) is 8.78 Å². The predicted octanol–water partition coefficient (Wildman–Crippen LogP) is 3.01. The van der Waals surface area contributed by atoms with Crippen molar-refractivity contribution in [2.75, 3.05) is 13.2 Å². The third-order valence-electron chi connectivity index (χ3n) is 3.75. The van der Waals surface area contributed by atoms with E-state index in [9.17, 15) is 17.2 Å². The highest BCUT2D eigenvalue weighted by Gasteiger charge is 2.14. The molecule has 1 aromatic heterocycles. The van der Waals surface area contributed by atoms with Crippen LogP contribution in [-0.2, 0) is 15.8 Å². The molecule has 3 rings (SSSR count). The number of para-hydroxylation sites is 1. The zero-order chi connectivity index (χ0) is 20.0. The molecule has 3 aromatic rings. The standard InChI is InChI=1S/C20H16F2N2O3S/c21-17-8-9-18(22)16(13-17)14-28(25,26)24-11-1-2-12-27-19-7-3-5-15-6-4-10-23-20(15)19/h3-10,13,24H,11-12,14H2. The van der Waals surface area contributed by atoms with Crippen LogP contribution in [0, 0.1) is 23.5 Å². The maximum atomic E-state index is 13.6. The van der Waals surface area contributed by atoms with Gasteiger partial charge in [0.2, 0.25) is 10.0 Å². The van der Waals surface area contributed by atoms with Crippen LogP contribution in [0.3, 0.4) is 0 Å². The Labute approximate surface area is 161 Å². The monoisotopic (exact) mass is 402 g/mol. The fourth-order valence-corrected chi connectivity index (χ4v) is 3.50. The third kappa shape index (κ3) is 5.25. The minimum absolute atomic E-state index is 0.0515. The van der Waals surface area contributed by atoms with E-state index in [0.29, 0.717) is 11.3 Å². The molecule has 0 aliphatic rings. The first-order valence-electron chi connectivity index (χ1n) is 8.28. The van der Waals surface area contributed by atoms with Gasteiger partial charge in [0.05, 0.1) is 12.3 Å². The van der Waals surface area contributed by atoms with E-state index in [2.05, 4.69) is 21.5 Å². The number of hydrogen-bond acceptors (Lipinski definition) is 4. The second-order valence-electron chi connectivity index (χ2n) is 5.79. The summed E-state index contributed by atoms with van der Waals surface area (Å²) >= 11 is 0. The minimum Gasteiger partial charge on any atom is -0.479 e. The molecule has 0 unspecified atom stereocenters. The molecular formula is C20H16F2N2O3S. The normalized spacial score (nSPS) is 11.1. The molecule has 0 atom stereocenters. The Bertz CT molecular complexity index is 1150. The van der Waals surface area contributed by atoms with E-state index in [1.807, 2.05) is 24.3 Å². The van der Waals surface area contributed by atoms with Crippen LogP contribution >= 0.6 is 0 Å². The number of fused-ring (bicyclic) bond motifs is 1. The van der Waals surface area contributed by atoms with Crippen molar-refractivity contribution in [2.45, 2.75) is 5.75 Å². The van der Waals surface area contributed by atoms with Gasteiger partial charge in [-0.25, -0.2) is 21.9 Å². The molecule has 28 heavy (non-hydrogen) atoms. The van der Waals surface area contributed by atoms with Gasteiger partial charge in [0.15, 0.2) is 0 Å². The van der Waals surface area contributed by atoms with E-state index >= 15 is 0 Å². The number of aromatic nitrogens is 1. The molecule has 144 valence electrons. The number of halogens is 2. The number of ether oxygens (including phenoxy) is 1. The van der Waals surface area contributed by atoms with Crippen LogP contribution < -0.4 is 9.46 Å². The van der Waals surface area contributed by atoms with Gasteiger partial charge >= 0.3 is 0 Å². The lowest BCUT2D eigenvalue weighted by molar-refractivity contribution is 0.374. The Hall–Kier alpha value is -3.02. The molecule has 0 saturated heterocycles. The first-order chi connectivity index (χ1) is 13.4. The second kappa shape index (κ2) is 8.78. The van der Waals surface area contributed by atoms with Crippen molar-refractivity contribution in [1.82, 2.24) is 9.71 Å². The van der Waals surface area contributed by atoms with E-state index in [1.165, 1.54) is 0 Å². The van der Waals surface area contributed by atoms with Gasteiger partial charge in [-0.1, -0.05) is 30.0 Å². The second-order valence-corrected chi connectivity index (χ2v) is 7.60. The summed E-state index contributed by atoms with van der Waals surface area (Å²) in [5.74, 6) is 3.74. The number of nitrogens with zero attached hydrogens (tertiary/aromatic N) is 1. The molecule has 0 spiro atoms. The molecule has 0 fully saturated rings. The number of nitrogens with one attached hydrogen (secondary N) is 1. The van der Waals surface area contributed by atoms with Crippen molar-refractivity contribution in [1.29, 1.82) is 0 Å². The highest BCUT2D eigenvalue weighted by molar-refractivity contribution is 7.88. The molecule has 8 heteroatoms. The maximum absolute atomic E-state index is 13.6. The smallest absolute Gasteiger partial charge is 0.216 e. The van der Waals surface area contributed by atoms with Crippen LogP contribution in [0.15, 0.2) is 54.7 Å². The minimum atomic E-state index is -3.85. The van der Waals surface area contributed by atoms with E-state index in [4.69, 9.17) is 4.74 Å². The lowest BCUT2D eigenvalue weighted by atomic mass is 10.2. The highest BCUT2D eigenvalue weighted by Crippen LogP contribution is 2.22. The average Bonchev–Trinajstić information content (AvgIpc) is 2.67. The van der Waals surface area contributed by atoms with Crippen LogP contribution in [0.1, 0.15) is 5.56 Å². The van der Waals surface area contributed by atoms with E-state index in [-0.39, 0.29) is 18.7 Å². The summed E-state index contributed by atoms with van der Waals surface area (Å²) in [6, 6.07) is 11.9. The molecule has 0 amide bonds. The number of rotatable bonds is 6. The SMILES string of the molecule is O=S(=O)(Cc1cc(F)ccc1F)NCC#CCOc1cccc2cccnc12. The third-order valence-corrected chi connectivity index (χ3v) is 5.03. The molecule has 0 aliphatic carbocycles. The molecule has 0 radical (unpaired) electrons. The topological polar surface area (TPSA) is 68.3 Å². The Morgan fingerprint density at radius 3 is 2.75 bits per heavy atom. The van der Waals surface area contributed by atoms with Crippen molar-refractivity contribution in [3.63, 3.8) is 0 Å². The Kier molecular flexibility index (Phi) is 6.19. The zero-order valence-electron chi connectivity index (χ0n) is 14.7. The van der Waals surface area contributed by atoms with E-state index in [0.717, 1.165) is 23.6 Å². The van der Waals surface area contributed by atoms with Crippen LogP contribution in [-0.4, -0.2) is 26.6 Å². The van der Waals surface area contributed by atoms with Gasteiger partial charge in [0.25, 0.3) is 0 Å². The predicted molar refractivity (Wildman–Crippen MR) is 102 cm³/mol. The highest BCUT2D eigenvalue weighted by atomic mass is 32.2. The van der Waals surface area contributed by atoms with E-state index < -0.39 is 27.4 Å². The van der Waals surface area contributed by atoms with E-state index in [1.54, 1.807) is 12.3 Å². The quantitative estimate of drug-likeness (QED) is 0.644. The Morgan fingerprint density at radius 1 is 1.07 bits per heavy atom. The van der Waals surface area contributed by atoms with Gasteiger partial charge in [-0.3, -0.25) is 4.98 Å². The number of sulfonamides is 1. The van der Waals surface area contributed by atoms with Gasteiger partial charge in [-0.2, -0.15) is 0 Å². The Balaban J connectivity index is 1.52. The summed E-state index contributed by atoms with van der Waals surface area (Å²) in [6.45, 7) is -0.119. The number of hydrogen-bond donors (Lipinski definition) is 1. The van der Waals surface area contributed by atoms with Gasteiger partial charge in [-0.15, -0.1) is 0 Å². The molecule has 0 saturated carbocycles. The summed E-state index contributed by atoms with van der Waals surface area (Å²) in [6.07, 6.45) is 1.66. The summed E-state index contributed by atoms with van der Waals surface area (Å²) in [7, 11) is -3.85. The summed E-state index contributed by atoms with van der Waals surface area (Å²) < 4.78 is 58.4. The fourth-order valence-electron chi connectivity index (χ4n) is 2.48. The van der Waals surface area contributed by atoms with Gasteiger partial charge < -0.3 is 4.74 Å². The summed E-state index contributed by atoms with van der Waals surface area (Å²) in [5.41, 5.74) is 0.469. The fraction of sp³-hybridized carbons (Fsp3) is 0.150. The lowest BCUT2D eigenvalue weighted by Gasteiger charge is -2.06. The lowest BCUT2D eigenvalue weighted by Crippen LogP contribution is -2.26. The largest absolute Gasteiger partial charge is 0.479 e. The number of benzene rings is 2. The molecule has 5 nitrogen and oxygen atoms in total. The first kappa shape index (κ1) is 19.7. The molecule has 1 N–H and O–H groups in total. The van der Waals surface area contributed by atoms with Crippen molar-refractivity contribution >= 4 is 20.9 Å². The molecule has 1 heterocycles. The van der Waals surface area contributed by atoms with Gasteiger partial charge in [-0.05, 0) is 30.3 Å². The maximum Gasteiger partial charge on any atom is 0.216 e. The van der Waals surface area contributed by atoms with Crippen LogP contribution in [0.2, 0.25) is 0 Å². The first-order valence-corrected chi connectivity index (χ1v) is 9.93. The zero-order valence-corrected chi connectivity index (χ0v) is 15.5. The van der Waals surface area contributed by atoms with Crippen LogP contribution in [0.25, 0.3) is 10.9 Å². The van der Waals surface area contributed by atoms with Gasteiger partial charge in [0.1, 0.15) is 29.5 Å². The number of pyridine rings is 1. The molecule has 0 aliphatic heterocycles. The van der Waals surface area contributed by atoms with Crippen molar-refractivity contribution in [2.24, 2.45) is 0 Å². The summed E-state index contributed by atoms with van der Waals surface area (Å²) in [5, 5.41) is 0.935. The Morgan fingerprint density at radius 2 is 1.89 bits per heavy atom. The van der Waals surface area contributed by atoms with Crippen molar-refractivity contribution in [3.05, 3.63) is 71.9 Å². The average molecular weight is 402 g/mol. The van der Waals surface area contributed by atoms with Crippen molar-refractivity contribution in [3.8, 4) is 17.6 Å². The molecule has 0 bridgehead atoms.